The second-order valence-corrected chi connectivity index (χ2v) is 9.27. The Kier molecular flexibility index (Phi) is 38.2. The van der Waals surface area contributed by atoms with E-state index in [1.54, 1.807) is 7.11 Å². The van der Waals surface area contributed by atoms with Gasteiger partial charge in [-0.05, 0) is 19.6 Å². The van der Waals surface area contributed by atoms with Crippen molar-refractivity contribution in [2.24, 2.45) is 0 Å². The maximum atomic E-state index is 11.0. The Hall–Kier alpha value is -0.163. The van der Waals surface area contributed by atoms with Gasteiger partial charge in [0, 0.05) is 21.3 Å². The van der Waals surface area contributed by atoms with Gasteiger partial charge in [-0.3, -0.25) is 4.39 Å². The van der Waals surface area contributed by atoms with E-state index >= 15 is 0 Å². The first-order valence-corrected chi connectivity index (χ1v) is 10.4. The van der Waals surface area contributed by atoms with E-state index in [-0.39, 0.29) is 0 Å². The zero-order valence-electron chi connectivity index (χ0n) is 13.9. The third-order valence-corrected chi connectivity index (χ3v) is 2.68. The zero-order valence-corrected chi connectivity index (χ0v) is 15.7. The van der Waals surface area contributed by atoms with Gasteiger partial charge in [-0.25, -0.2) is 4.39 Å². The quantitative estimate of drug-likeness (QED) is 0.631. The molecule has 0 rings (SSSR count). The Morgan fingerprint density at radius 3 is 1.25 bits per heavy atom. The smallest absolute Gasteiger partial charge is 0.371 e. The standard InChI is InChI=1S/C4H12OSi.C2H5FO.C2H6.CH4FNO2S.CH3F/c1-5-6(2,3)4;1-4-2-3;1-2;1-3-6(2,4)5;1-2/h1-4H3;2H2,1H3;1-2H3;3H,1H3;1H3. The number of halogens is 3. The van der Waals surface area contributed by atoms with E-state index in [1.165, 1.54) is 11.8 Å². The SMILES string of the molecule is CC.CF.CNS(=O)(=O)F.COCF.CO[Si](C)(C)C. The average Bonchev–Trinajstić information content (AvgIpc) is 2.42. The summed E-state index contributed by atoms with van der Waals surface area (Å²) in [7, 11) is -0.972. The van der Waals surface area contributed by atoms with Crippen LogP contribution in [-0.2, 0) is 19.6 Å². The van der Waals surface area contributed by atoms with E-state index in [2.05, 4.69) is 24.4 Å². The molecule has 0 saturated carbocycles. The third-order valence-electron chi connectivity index (χ3n) is 0.965. The minimum atomic E-state index is -4.41. The molecule has 0 fully saturated rings. The van der Waals surface area contributed by atoms with E-state index in [0.717, 1.165) is 7.05 Å². The fourth-order valence-electron chi connectivity index (χ4n) is 0. The predicted octanol–water partition coefficient (Wildman–Crippen LogP) is 3.06. The van der Waals surface area contributed by atoms with Crippen LogP contribution in [0.5, 0.6) is 0 Å². The van der Waals surface area contributed by atoms with Crippen molar-refractivity contribution in [1.82, 2.24) is 4.72 Å². The highest BCUT2D eigenvalue weighted by molar-refractivity contribution is 7.84. The molecule has 0 saturated heterocycles. The molecule has 0 bridgehead atoms. The lowest BCUT2D eigenvalue weighted by Crippen LogP contribution is -2.22. The summed E-state index contributed by atoms with van der Waals surface area (Å²) >= 11 is 0. The fourth-order valence-corrected chi connectivity index (χ4v) is 0. The second-order valence-electron chi connectivity index (χ2n) is 3.36. The van der Waals surface area contributed by atoms with Crippen LogP contribution < -0.4 is 4.72 Å². The number of methoxy groups -OCH3 is 1. The van der Waals surface area contributed by atoms with Gasteiger partial charge < -0.3 is 9.16 Å². The maximum Gasteiger partial charge on any atom is 0.371 e. The normalized spacial score (nSPS) is 9.20. The molecule has 20 heavy (non-hydrogen) atoms. The number of nitrogens with one attached hydrogen (secondary N) is 1. The van der Waals surface area contributed by atoms with Crippen LogP contribution in [-0.4, -0.2) is 52.0 Å². The summed E-state index contributed by atoms with van der Waals surface area (Å²) in [5, 5.41) is 0. The highest BCUT2D eigenvalue weighted by atomic mass is 32.3. The molecule has 0 aromatic heterocycles. The summed E-state index contributed by atoms with van der Waals surface area (Å²) in [4.78, 5) is 0. The van der Waals surface area contributed by atoms with Crippen molar-refractivity contribution in [3.8, 4) is 0 Å². The van der Waals surface area contributed by atoms with Gasteiger partial charge in [0.1, 0.15) is 0 Å². The topological polar surface area (TPSA) is 64.6 Å². The average molecular weight is 346 g/mol. The van der Waals surface area contributed by atoms with Crippen molar-refractivity contribution in [1.29, 1.82) is 0 Å². The van der Waals surface area contributed by atoms with Crippen molar-refractivity contribution >= 4 is 18.7 Å². The van der Waals surface area contributed by atoms with Crippen molar-refractivity contribution in [2.75, 3.05) is 35.3 Å². The Morgan fingerprint density at radius 1 is 1.10 bits per heavy atom. The molecule has 1 N–H and O–H groups in total. The summed E-state index contributed by atoms with van der Waals surface area (Å²) in [6, 6.07) is 0. The third kappa shape index (κ3) is 108. The molecule has 0 aromatic rings. The maximum absolute atomic E-state index is 11.0. The van der Waals surface area contributed by atoms with Crippen molar-refractivity contribution in [2.45, 2.75) is 33.5 Å². The zero-order chi connectivity index (χ0) is 17.8. The minimum absolute atomic E-state index is 0.500. The Labute approximate surface area is 123 Å². The van der Waals surface area contributed by atoms with E-state index in [9.17, 15) is 21.1 Å². The van der Waals surface area contributed by atoms with Gasteiger partial charge in [0.15, 0.2) is 15.2 Å². The molecule has 130 valence electrons. The molecule has 0 heterocycles. The molecular formula is C10H30F3NO4SSi. The minimum Gasteiger partial charge on any atom is -0.421 e. The predicted molar refractivity (Wildman–Crippen MR) is 80.8 cm³/mol. The Morgan fingerprint density at radius 2 is 1.25 bits per heavy atom. The Balaban J connectivity index is -0.0000000506. The molecule has 10 heteroatoms. The first-order valence-electron chi connectivity index (χ1n) is 5.65. The van der Waals surface area contributed by atoms with Crippen LogP contribution in [0.2, 0.25) is 19.6 Å². The molecule has 0 aliphatic carbocycles. The summed E-state index contributed by atoms with van der Waals surface area (Å²) in [6.45, 7) is 9.80. The summed E-state index contributed by atoms with van der Waals surface area (Å²) in [6.07, 6.45) is 0. The van der Waals surface area contributed by atoms with E-state index < -0.39 is 25.6 Å². The van der Waals surface area contributed by atoms with Crippen molar-refractivity contribution in [3.63, 3.8) is 0 Å². The van der Waals surface area contributed by atoms with Crippen molar-refractivity contribution < 1.29 is 30.2 Å². The van der Waals surface area contributed by atoms with Crippen LogP contribution in [0.1, 0.15) is 13.8 Å². The van der Waals surface area contributed by atoms with Crippen LogP contribution in [0.15, 0.2) is 0 Å². The summed E-state index contributed by atoms with van der Waals surface area (Å²) in [5.74, 6) is 0. The molecule has 0 aliphatic heterocycles. The number of hydrogen-bond acceptors (Lipinski definition) is 4. The van der Waals surface area contributed by atoms with E-state index in [4.69, 9.17) is 4.43 Å². The first-order chi connectivity index (χ1) is 9.04. The van der Waals surface area contributed by atoms with Gasteiger partial charge in [-0.1, -0.05) is 17.7 Å². The Bertz CT molecular complexity index is 235. The number of rotatable bonds is 3. The lowest BCUT2D eigenvalue weighted by atomic mass is 11.0. The van der Waals surface area contributed by atoms with Crippen LogP contribution in [0.3, 0.4) is 0 Å². The molecule has 5 nitrogen and oxygen atoms in total. The van der Waals surface area contributed by atoms with Gasteiger partial charge in [0.25, 0.3) is 0 Å². The highest BCUT2D eigenvalue weighted by Gasteiger charge is 2.09. The molecule has 0 aromatic carbocycles. The van der Waals surface area contributed by atoms with Crippen LogP contribution in [0.25, 0.3) is 0 Å². The van der Waals surface area contributed by atoms with Gasteiger partial charge in [0.2, 0.25) is 0 Å². The highest BCUT2D eigenvalue weighted by Crippen LogP contribution is 1.97. The summed E-state index contributed by atoms with van der Waals surface area (Å²) < 4.78 is 59.8. The van der Waals surface area contributed by atoms with Crippen LogP contribution in [0, 0.1) is 0 Å². The molecule has 0 amide bonds. The number of alkyl halides is 2. The van der Waals surface area contributed by atoms with Crippen LogP contribution >= 0.6 is 0 Å². The lowest BCUT2D eigenvalue weighted by Gasteiger charge is -2.10. The largest absolute Gasteiger partial charge is 0.421 e. The van der Waals surface area contributed by atoms with E-state index in [0.29, 0.717) is 7.18 Å². The molecule has 0 unspecified atom stereocenters. The monoisotopic (exact) mass is 345 g/mol. The van der Waals surface area contributed by atoms with Gasteiger partial charge in [-0.15, -0.1) is 0 Å². The lowest BCUT2D eigenvalue weighted by molar-refractivity contribution is 0.104. The van der Waals surface area contributed by atoms with Gasteiger partial charge in [-0.2, -0.15) is 13.1 Å². The van der Waals surface area contributed by atoms with Crippen LogP contribution in [0.4, 0.5) is 12.7 Å². The summed E-state index contributed by atoms with van der Waals surface area (Å²) in [5.41, 5.74) is 0. The number of hydrogen-bond donors (Lipinski definition) is 1. The van der Waals surface area contributed by atoms with Gasteiger partial charge in [0.05, 0.1) is 7.18 Å². The molecule has 0 aliphatic rings. The van der Waals surface area contributed by atoms with E-state index in [1.807, 2.05) is 13.8 Å². The first kappa shape index (κ1) is 32.0. The molecular weight excluding hydrogens is 315 g/mol. The van der Waals surface area contributed by atoms with Gasteiger partial charge >= 0.3 is 10.4 Å². The second kappa shape index (κ2) is 23.9. The molecule has 0 radical (unpaired) electrons. The van der Waals surface area contributed by atoms with Crippen molar-refractivity contribution in [3.05, 3.63) is 0 Å². The molecule has 0 spiro atoms. The fraction of sp³-hybridized carbons (Fsp3) is 1.00. The molecule has 0 atom stereocenters. The number of ether oxygens (including phenoxy) is 1.